The quantitative estimate of drug-likeness (QED) is 0.677. The van der Waals surface area contributed by atoms with E-state index < -0.39 is 0 Å². The van der Waals surface area contributed by atoms with E-state index in [9.17, 15) is 4.79 Å². The first-order chi connectivity index (χ1) is 13.2. The Bertz CT molecular complexity index is 881. The second-order valence-corrected chi connectivity index (χ2v) is 7.54. The minimum absolute atomic E-state index is 0.156. The van der Waals surface area contributed by atoms with E-state index in [1.807, 2.05) is 40.7 Å². The van der Waals surface area contributed by atoms with Gasteiger partial charge in [0.2, 0.25) is 5.91 Å². The number of aryl methyl sites for hydroxylation is 2. The molecule has 0 radical (unpaired) electrons. The number of amides is 1. The summed E-state index contributed by atoms with van der Waals surface area (Å²) in [6.45, 7) is 5.18. The van der Waals surface area contributed by atoms with E-state index >= 15 is 0 Å². The highest BCUT2D eigenvalue weighted by Crippen LogP contribution is 2.22. The molecule has 0 bridgehead atoms. The maximum absolute atomic E-state index is 12.5. The van der Waals surface area contributed by atoms with E-state index in [1.165, 1.54) is 5.56 Å². The zero-order chi connectivity index (χ0) is 18.6. The van der Waals surface area contributed by atoms with Crippen molar-refractivity contribution >= 4 is 22.4 Å². The van der Waals surface area contributed by atoms with Crippen molar-refractivity contribution in [3.63, 3.8) is 0 Å². The summed E-state index contributed by atoms with van der Waals surface area (Å²) in [5, 5.41) is 3.01. The van der Waals surface area contributed by atoms with Crippen molar-refractivity contribution in [1.29, 1.82) is 0 Å². The van der Waals surface area contributed by atoms with Crippen LogP contribution in [0.3, 0.4) is 0 Å². The fourth-order valence-electron chi connectivity index (χ4n) is 3.17. The van der Waals surface area contributed by atoms with Crippen LogP contribution in [0.5, 0.6) is 0 Å². The molecular weight excluding hydrogens is 360 g/mol. The zero-order valence-corrected chi connectivity index (χ0v) is 16.1. The molecular formula is C20H22N4O2S. The molecule has 3 aromatic rings. The molecule has 2 aromatic heterocycles. The molecule has 0 spiro atoms. The molecule has 4 rings (SSSR count). The van der Waals surface area contributed by atoms with E-state index in [-0.39, 0.29) is 5.91 Å². The van der Waals surface area contributed by atoms with Crippen molar-refractivity contribution in [1.82, 2.24) is 14.9 Å². The molecule has 140 valence electrons. The summed E-state index contributed by atoms with van der Waals surface area (Å²) in [7, 11) is 0. The van der Waals surface area contributed by atoms with Gasteiger partial charge in [-0.25, -0.2) is 9.97 Å². The van der Waals surface area contributed by atoms with Crippen LogP contribution in [0.1, 0.15) is 17.9 Å². The molecule has 0 N–H and O–H groups in total. The number of hydrogen-bond acceptors (Lipinski definition) is 6. The van der Waals surface area contributed by atoms with Crippen molar-refractivity contribution in [3.05, 3.63) is 53.5 Å². The van der Waals surface area contributed by atoms with E-state index in [0.717, 1.165) is 42.6 Å². The number of carbonyl (C=O) groups is 1. The first-order valence-corrected chi connectivity index (χ1v) is 10.0. The average molecular weight is 382 g/mol. The van der Waals surface area contributed by atoms with Crippen molar-refractivity contribution < 1.29 is 9.21 Å². The van der Waals surface area contributed by atoms with Crippen LogP contribution in [-0.2, 0) is 11.2 Å². The van der Waals surface area contributed by atoms with Gasteiger partial charge in [0.1, 0.15) is 0 Å². The van der Waals surface area contributed by atoms with Gasteiger partial charge in [-0.2, -0.15) is 0 Å². The summed E-state index contributed by atoms with van der Waals surface area (Å²) >= 11 is 1.64. The fraction of sp³-hybridized carbons (Fsp3) is 0.350. The first-order valence-electron chi connectivity index (χ1n) is 9.13. The Labute approximate surface area is 162 Å². The molecule has 3 heterocycles. The Balaban J connectivity index is 1.28. The molecule has 1 aliphatic heterocycles. The molecule has 0 atom stereocenters. The predicted octanol–water partition coefficient (Wildman–Crippen LogP) is 3.39. The van der Waals surface area contributed by atoms with Crippen LogP contribution in [0.25, 0.3) is 11.3 Å². The number of hydrogen-bond donors (Lipinski definition) is 0. The molecule has 27 heavy (non-hydrogen) atoms. The normalized spacial score (nSPS) is 14.6. The van der Waals surface area contributed by atoms with E-state index in [0.29, 0.717) is 18.7 Å². The summed E-state index contributed by atoms with van der Waals surface area (Å²) in [6.07, 6.45) is 4.50. The minimum atomic E-state index is 0.156. The van der Waals surface area contributed by atoms with Crippen LogP contribution < -0.4 is 4.90 Å². The predicted molar refractivity (Wildman–Crippen MR) is 106 cm³/mol. The van der Waals surface area contributed by atoms with Crippen LogP contribution in [0.4, 0.5) is 5.13 Å². The van der Waals surface area contributed by atoms with Gasteiger partial charge in [-0.3, -0.25) is 4.79 Å². The number of carbonyl (C=O) groups excluding carboxylic acids is 1. The third kappa shape index (κ3) is 4.19. The van der Waals surface area contributed by atoms with E-state index in [2.05, 4.69) is 21.8 Å². The summed E-state index contributed by atoms with van der Waals surface area (Å²) in [6, 6.07) is 8.14. The lowest BCUT2D eigenvalue weighted by atomic mass is 10.1. The Morgan fingerprint density at radius 3 is 2.63 bits per heavy atom. The van der Waals surface area contributed by atoms with Crippen molar-refractivity contribution in [2.45, 2.75) is 19.8 Å². The second kappa shape index (κ2) is 7.92. The molecule has 0 saturated carbocycles. The average Bonchev–Trinajstić information content (AvgIpc) is 3.39. The highest BCUT2D eigenvalue weighted by atomic mass is 32.1. The van der Waals surface area contributed by atoms with Gasteiger partial charge < -0.3 is 14.2 Å². The molecule has 0 unspecified atom stereocenters. The van der Waals surface area contributed by atoms with Crippen LogP contribution in [0.15, 0.2) is 46.5 Å². The van der Waals surface area contributed by atoms with Gasteiger partial charge in [0.15, 0.2) is 16.8 Å². The largest absolute Gasteiger partial charge is 0.441 e. The lowest BCUT2D eigenvalue weighted by Gasteiger charge is -2.34. The fourth-order valence-corrected chi connectivity index (χ4v) is 3.87. The van der Waals surface area contributed by atoms with Gasteiger partial charge in [-0.15, -0.1) is 11.3 Å². The summed E-state index contributed by atoms with van der Waals surface area (Å²) in [5.74, 6) is 1.51. The Hall–Kier alpha value is -2.67. The van der Waals surface area contributed by atoms with Gasteiger partial charge in [-0.1, -0.05) is 29.8 Å². The van der Waals surface area contributed by atoms with Crippen LogP contribution >= 0.6 is 11.3 Å². The number of anilines is 1. The number of benzene rings is 1. The second-order valence-electron chi connectivity index (χ2n) is 6.67. The Morgan fingerprint density at radius 1 is 1.15 bits per heavy atom. The summed E-state index contributed by atoms with van der Waals surface area (Å²) in [4.78, 5) is 25.3. The molecule has 1 amide bonds. The first kappa shape index (κ1) is 17.7. The highest BCUT2D eigenvalue weighted by molar-refractivity contribution is 7.13. The van der Waals surface area contributed by atoms with Gasteiger partial charge in [0, 0.05) is 56.2 Å². The molecule has 0 aliphatic carbocycles. The zero-order valence-electron chi connectivity index (χ0n) is 15.3. The van der Waals surface area contributed by atoms with Gasteiger partial charge in [0.05, 0.1) is 6.20 Å². The van der Waals surface area contributed by atoms with Gasteiger partial charge in [0.25, 0.3) is 0 Å². The van der Waals surface area contributed by atoms with Crippen LogP contribution in [-0.4, -0.2) is 47.0 Å². The smallest absolute Gasteiger partial charge is 0.223 e. The molecule has 7 heteroatoms. The molecule has 1 aromatic carbocycles. The Kier molecular flexibility index (Phi) is 5.20. The topological polar surface area (TPSA) is 62.5 Å². The maximum atomic E-state index is 12.5. The number of thiazole rings is 1. The van der Waals surface area contributed by atoms with Gasteiger partial charge in [-0.05, 0) is 6.92 Å². The monoisotopic (exact) mass is 382 g/mol. The lowest BCUT2D eigenvalue weighted by molar-refractivity contribution is -0.131. The molecule has 1 aliphatic rings. The van der Waals surface area contributed by atoms with Crippen molar-refractivity contribution in [3.8, 4) is 11.3 Å². The SMILES string of the molecule is Cc1ccc(-c2cnc(CCC(=O)N3CCN(c4nccs4)CC3)o2)cc1. The number of oxazole rings is 1. The number of rotatable bonds is 5. The van der Waals surface area contributed by atoms with Crippen molar-refractivity contribution in [2.24, 2.45) is 0 Å². The third-order valence-electron chi connectivity index (χ3n) is 4.76. The number of piperazine rings is 1. The Morgan fingerprint density at radius 2 is 1.93 bits per heavy atom. The lowest BCUT2D eigenvalue weighted by Crippen LogP contribution is -2.48. The maximum Gasteiger partial charge on any atom is 0.223 e. The highest BCUT2D eigenvalue weighted by Gasteiger charge is 2.22. The number of aromatic nitrogens is 2. The van der Waals surface area contributed by atoms with E-state index in [4.69, 9.17) is 4.42 Å². The summed E-state index contributed by atoms with van der Waals surface area (Å²) < 4.78 is 5.82. The van der Waals surface area contributed by atoms with Gasteiger partial charge >= 0.3 is 0 Å². The molecule has 1 fully saturated rings. The van der Waals surface area contributed by atoms with E-state index in [1.54, 1.807) is 17.5 Å². The third-order valence-corrected chi connectivity index (χ3v) is 5.60. The van der Waals surface area contributed by atoms with Crippen molar-refractivity contribution in [2.75, 3.05) is 31.1 Å². The molecule has 6 nitrogen and oxygen atoms in total. The number of nitrogens with zero attached hydrogens (tertiary/aromatic N) is 4. The van der Waals surface area contributed by atoms with Crippen LogP contribution in [0.2, 0.25) is 0 Å². The van der Waals surface area contributed by atoms with Crippen LogP contribution in [0, 0.1) is 6.92 Å². The molecule has 1 saturated heterocycles. The standard InChI is InChI=1S/C20H22N4O2S/c1-15-2-4-16(5-3-15)17-14-22-18(26-17)6-7-19(25)23-9-11-24(12-10-23)20-21-8-13-27-20/h2-5,8,13-14H,6-7,9-12H2,1H3. The minimum Gasteiger partial charge on any atom is -0.441 e. The summed E-state index contributed by atoms with van der Waals surface area (Å²) in [5.41, 5.74) is 2.21.